The summed E-state index contributed by atoms with van der Waals surface area (Å²) in [5.74, 6) is -3.73. The number of nitrogens with one attached hydrogen (secondary N) is 1. The molecular weight excluding hydrogens is 458 g/mol. The molecule has 170 valence electrons. The number of hydrogen-bond acceptors (Lipinski definition) is 6. The number of carbonyl (C=O) groups is 2. The maximum atomic E-state index is 13.6. The van der Waals surface area contributed by atoms with Crippen LogP contribution in [0.2, 0.25) is 5.02 Å². The first-order chi connectivity index (χ1) is 15.0. The second-order valence-corrected chi connectivity index (χ2v) is 7.18. The molecule has 3 rings (SSSR count). The molecule has 0 fully saturated rings. The normalized spacial score (nSPS) is 11.6. The number of aryl methyl sites for hydroxylation is 2. The van der Waals surface area contributed by atoms with E-state index in [0.29, 0.717) is 17.0 Å². The van der Waals surface area contributed by atoms with Crippen LogP contribution in [0.15, 0.2) is 18.2 Å². The molecule has 32 heavy (non-hydrogen) atoms. The minimum absolute atomic E-state index is 0.0885. The number of halogens is 5. The Bertz CT molecular complexity index is 1200. The molecule has 0 bridgehead atoms. The summed E-state index contributed by atoms with van der Waals surface area (Å²) < 4.78 is 58.0. The molecule has 0 spiro atoms. The highest BCUT2D eigenvalue weighted by Gasteiger charge is 2.37. The monoisotopic (exact) mass is 473 g/mol. The van der Waals surface area contributed by atoms with Gasteiger partial charge in [0, 0.05) is 22.8 Å². The van der Waals surface area contributed by atoms with Crippen LogP contribution >= 0.6 is 11.6 Å². The molecule has 13 heteroatoms. The third-order valence-corrected chi connectivity index (χ3v) is 4.68. The highest BCUT2D eigenvalue weighted by atomic mass is 35.5. The number of esters is 1. The molecule has 0 unspecified atom stereocenters. The largest absolute Gasteiger partial charge is 0.456 e. The summed E-state index contributed by atoms with van der Waals surface area (Å²) in [6.07, 6.45) is -4.80. The zero-order valence-corrected chi connectivity index (χ0v) is 17.5. The molecule has 0 radical (unpaired) electrons. The Balaban J connectivity index is 1.60. The number of carbonyl (C=O) groups excluding carboxylic acids is 2. The van der Waals surface area contributed by atoms with Crippen LogP contribution in [-0.4, -0.2) is 38.1 Å². The molecule has 1 amide bonds. The summed E-state index contributed by atoms with van der Waals surface area (Å²) in [7, 11) is 0. The zero-order chi connectivity index (χ0) is 23.6. The van der Waals surface area contributed by atoms with E-state index in [2.05, 4.69) is 20.4 Å². The summed E-state index contributed by atoms with van der Waals surface area (Å²) in [5.41, 5.74) is 1.07. The number of nitrogens with zero attached hydrogens (tertiary/aromatic N) is 4. The lowest BCUT2D eigenvalue weighted by Crippen LogP contribution is -2.21. The number of hydrogen-bond donors (Lipinski definition) is 1. The van der Waals surface area contributed by atoms with Crippen LogP contribution in [0.4, 0.5) is 23.2 Å². The van der Waals surface area contributed by atoms with Crippen molar-refractivity contribution in [1.82, 2.24) is 19.6 Å². The van der Waals surface area contributed by atoms with Crippen LogP contribution in [0.1, 0.15) is 29.2 Å². The molecule has 0 aliphatic heterocycles. The summed E-state index contributed by atoms with van der Waals surface area (Å²) in [5, 5.41) is 5.88. The molecule has 2 aromatic heterocycles. The Kier molecular flexibility index (Phi) is 6.63. The average Bonchev–Trinajstić information content (AvgIpc) is 3.14. The Morgan fingerprint density at radius 2 is 1.94 bits per heavy atom. The van der Waals surface area contributed by atoms with Gasteiger partial charge in [0.2, 0.25) is 0 Å². The number of ether oxygens (including phenoxy) is 1. The van der Waals surface area contributed by atoms with Crippen LogP contribution < -0.4 is 5.32 Å². The van der Waals surface area contributed by atoms with Crippen molar-refractivity contribution >= 4 is 34.9 Å². The van der Waals surface area contributed by atoms with Crippen LogP contribution in [-0.2, 0) is 26.9 Å². The van der Waals surface area contributed by atoms with E-state index in [1.807, 2.05) is 0 Å². The zero-order valence-electron chi connectivity index (χ0n) is 16.8. The number of fused-ring (bicyclic) bond motifs is 1. The molecule has 8 nitrogen and oxygen atoms in total. The number of anilines is 1. The molecule has 0 atom stereocenters. The van der Waals surface area contributed by atoms with Crippen molar-refractivity contribution in [1.29, 1.82) is 0 Å². The van der Waals surface area contributed by atoms with Crippen molar-refractivity contribution in [3.05, 3.63) is 51.8 Å². The van der Waals surface area contributed by atoms with Gasteiger partial charge in [-0.05, 0) is 44.0 Å². The fraction of sp³-hybridized carbons (Fsp3) is 0.316. The summed E-state index contributed by atoms with van der Waals surface area (Å²) in [6, 6.07) is 3.60. The molecular formula is C19H16ClF4N5O3. The number of alkyl halides is 3. The van der Waals surface area contributed by atoms with Gasteiger partial charge in [0.15, 0.2) is 6.61 Å². The molecule has 1 N–H and O–H groups in total. The number of aromatic nitrogens is 4. The lowest BCUT2D eigenvalue weighted by molar-refractivity contribution is -0.147. The van der Waals surface area contributed by atoms with E-state index in [1.54, 1.807) is 6.92 Å². The van der Waals surface area contributed by atoms with Gasteiger partial charge in [0.25, 0.3) is 17.5 Å². The first-order valence-corrected chi connectivity index (χ1v) is 9.54. The second-order valence-electron chi connectivity index (χ2n) is 6.74. The first-order valence-electron chi connectivity index (χ1n) is 9.16. The van der Waals surface area contributed by atoms with Crippen LogP contribution in [0, 0.1) is 19.7 Å². The van der Waals surface area contributed by atoms with E-state index in [0.717, 1.165) is 10.6 Å². The maximum Gasteiger partial charge on any atom is 0.453 e. The lowest BCUT2D eigenvalue weighted by atomic mass is 10.1. The van der Waals surface area contributed by atoms with Crippen LogP contribution in [0.5, 0.6) is 0 Å². The minimum atomic E-state index is -4.72. The maximum absolute atomic E-state index is 13.6. The number of benzene rings is 1. The quantitative estimate of drug-likeness (QED) is 0.433. The summed E-state index contributed by atoms with van der Waals surface area (Å²) in [4.78, 5) is 31.3. The smallest absolute Gasteiger partial charge is 0.453 e. The van der Waals surface area contributed by atoms with Crippen molar-refractivity contribution in [2.45, 2.75) is 32.9 Å². The van der Waals surface area contributed by atoms with Gasteiger partial charge in [0.05, 0.1) is 5.69 Å². The van der Waals surface area contributed by atoms with E-state index in [1.165, 1.54) is 19.1 Å². The van der Waals surface area contributed by atoms with Gasteiger partial charge in [-0.1, -0.05) is 11.6 Å². The first kappa shape index (κ1) is 23.4. The van der Waals surface area contributed by atoms with Gasteiger partial charge in [-0.25, -0.2) is 13.9 Å². The van der Waals surface area contributed by atoms with Gasteiger partial charge < -0.3 is 10.1 Å². The van der Waals surface area contributed by atoms with E-state index in [9.17, 15) is 27.2 Å². The van der Waals surface area contributed by atoms with Crippen molar-refractivity contribution in [2.24, 2.45) is 0 Å². The Morgan fingerprint density at radius 1 is 1.22 bits per heavy atom. The van der Waals surface area contributed by atoms with E-state index < -0.39 is 36.3 Å². The third kappa shape index (κ3) is 5.31. The van der Waals surface area contributed by atoms with Gasteiger partial charge in [-0.15, -0.1) is 5.10 Å². The molecule has 0 aliphatic rings. The van der Waals surface area contributed by atoms with Crippen LogP contribution in [0.25, 0.3) is 5.78 Å². The number of amides is 1. The van der Waals surface area contributed by atoms with Gasteiger partial charge in [-0.3, -0.25) is 9.59 Å². The fourth-order valence-electron chi connectivity index (χ4n) is 2.92. The molecule has 2 heterocycles. The van der Waals surface area contributed by atoms with E-state index >= 15 is 0 Å². The standard InChI is InChI=1S/C19H16ClF4N5O3/c1-9-12(10(2)29-18(25-9)27-17(28-29)19(22,23)24)4-6-16(31)32-8-15(30)26-14-7-11(20)3-5-13(14)21/h3,5,7H,4,6,8H2,1-2H3,(H,26,30). The van der Waals surface area contributed by atoms with E-state index in [-0.39, 0.29) is 29.3 Å². The van der Waals surface area contributed by atoms with Crippen molar-refractivity contribution in [3.63, 3.8) is 0 Å². The third-order valence-electron chi connectivity index (χ3n) is 4.45. The van der Waals surface area contributed by atoms with Gasteiger partial charge >= 0.3 is 12.1 Å². The van der Waals surface area contributed by atoms with Crippen molar-refractivity contribution in [2.75, 3.05) is 11.9 Å². The van der Waals surface area contributed by atoms with Gasteiger partial charge in [-0.2, -0.15) is 18.2 Å². The SMILES string of the molecule is Cc1nc2nc(C(F)(F)F)nn2c(C)c1CCC(=O)OCC(=O)Nc1cc(Cl)ccc1F. The van der Waals surface area contributed by atoms with Gasteiger partial charge in [0.1, 0.15) is 5.82 Å². The molecule has 3 aromatic rings. The minimum Gasteiger partial charge on any atom is -0.456 e. The summed E-state index contributed by atoms with van der Waals surface area (Å²) >= 11 is 5.74. The topological polar surface area (TPSA) is 98.5 Å². The van der Waals surface area contributed by atoms with E-state index in [4.69, 9.17) is 16.3 Å². The number of rotatable bonds is 6. The highest BCUT2D eigenvalue weighted by Crippen LogP contribution is 2.27. The highest BCUT2D eigenvalue weighted by molar-refractivity contribution is 6.30. The van der Waals surface area contributed by atoms with Crippen LogP contribution in [0.3, 0.4) is 0 Å². The molecule has 1 aromatic carbocycles. The predicted octanol–water partition coefficient (Wildman–Crippen LogP) is 3.67. The Morgan fingerprint density at radius 3 is 2.62 bits per heavy atom. The molecule has 0 saturated carbocycles. The predicted molar refractivity (Wildman–Crippen MR) is 105 cm³/mol. The Hall–Kier alpha value is -3.28. The lowest BCUT2D eigenvalue weighted by Gasteiger charge is -2.10. The Labute approximate surface area is 183 Å². The second kappa shape index (κ2) is 9.07. The summed E-state index contributed by atoms with van der Waals surface area (Å²) in [6.45, 7) is 2.45. The average molecular weight is 474 g/mol. The fourth-order valence-corrected chi connectivity index (χ4v) is 3.09. The molecule has 0 saturated heterocycles. The van der Waals surface area contributed by atoms with Crippen molar-refractivity contribution < 1.29 is 31.9 Å². The van der Waals surface area contributed by atoms with Crippen molar-refractivity contribution in [3.8, 4) is 0 Å². The molecule has 0 aliphatic carbocycles.